The van der Waals surface area contributed by atoms with E-state index in [1.807, 2.05) is 0 Å². The molecule has 0 amide bonds. The molecule has 76 valence electrons. The zero-order valence-corrected chi connectivity index (χ0v) is 8.93. The van der Waals surface area contributed by atoms with Crippen LogP contribution in [0.15, 0.2) is 0 Å². The third kappa shape index (κ3) is 5.35. The van der Waals surface area contributed by atoms with Gasteiger partial charge in [0.05, 0.1) is 0 Å². The highest BCUT2D eigenvalue weighted by Crippen LogP contribution is 2.23. The van der Waals surface area contributed by atoms with Crippen LogP contribution in [0, 0.1) is 0 Å². The lowest BCUT2D eigenvalue weighted by atomic mass is 9.71. The monoisotopic (exact) mass is 181 g/mol. The molecule has 0 heterocycles. The molecular formula is C11H24BN. The quantitative estimate of drug-likeness (QED) is 0.618. The van der Waals surface area contributed by atoms with E-state index in [1.54, 1.807) is 0 Å². The second kappa shape index (κ2) is 7.43. The van der Waals surface area contributed by atoms with Gasteiger partial charge in [0.25, 0.3) is 0 Å². The summed E-state index contributed by atoms with van der Waals surface area (Å²) in [6.07, 6.45) is 14.3. The molecule has 0 atom stereocenters. The third-order valence-electron chi connectivity index (χ3n) is 3.31. The molecule has 13 heavy (non-hydrogen) atoms. The molecule has 0 spiro atoms. The van der Waals surface area contributed by atoms with E-state index in [0.717, 1.165) is 13.2 Å². The fraction of sp³-hybridized carbons (Fsp3) is 1.00. The van der Waals surface area contributed by atoms with Crippen LogP contribution in [0.5, 0.6) is 0 Å². The normalized spacial score (nSPS) is 23.5. The van der Waals surface area contributed by atoms with Crippen molar-refractivity contribution in [3.63, 3.8) is 0 Å². The van der Waals surface area contributed by atoms with Crippen LogP contribution in [0.2, 0.25) is 5.82 Å². The maximum Gasteiger partial charge on any atom is 0.201 e. The van der Waals surface area contributed by atoms with E-state index in [9.17, 15) is 0 Å². The van der Waals surface area contributed by atoms with E-state index in [1.165, 1.54) is 64.2 Å². The first kappa shape index (κ1) is 11.1. The number of hydrogen-bond donors (Lipinski definition) is 1. The predicted molar refractivity (Wildman–Crippen MR) is 61.3 cm³/mol. The number of nitrogens with two attached hydrogens (primary N) is 1. The number of hydrogen-bond acceptors (Lipinski definition) is 1. The maximum atomic E-state index is 5.75. The van der Waals surface area contributed by atoms with Gasteiger partial charge in [-0.05, 0) is 0 Å². The zero-order chi connectivity index (χ0) is 9.36. The smallest absolute Gasteiger partial charge is 0.201 e. The molecular weight excluding hydrogens is 157 g/mol. The van der Waals surface area contributed by atoms with Gasteiger partial charge in [-0.2, -0.15) is 0 Å². The average Bonchev–Trinajstić information content (AvgIpc) is 2.22. The lowest BCUT2D eigenvalue weighted by Crippen LogP contribution is -2.13. The molecule has 0 saturated heterocycles. The highest BCUT2D eigenvalue weighted by Gasteiger charge is 2.08. The Morgan fingerprint density at radius 3 is 1.46 bits per heavy atom. The van der Waals surface area contributed by atoms with Crippen molar-refractivity contribution in [2.45, 2.75) is 70.0 Å². The molecule has 1 fully saturated rings. The van der Waals surface area contributed by atoms with Gasteiger partial charge in [-0.1, -0.05) is 70.0 Å². The van der Waals surface area contributed by atoms with Crippen LogP contribution in [0.1, 0.15) is 64.2 Å². The van der Waals surface area contributed by atoms with Crippen LogP contribution in [-0.2, 0) is 0 Å². The molecule has 0 aromatic carbocycles. The Morgan fingerprint density at radius 2 is 1.08 bits per heavy atom. The molecule has 1 saturated carbocycles. The summed E-state index contributed by atoms with van der Waals surface area (Å²) >= 11 is 0. The fourth-order valence-electron chi connectivity index (χ4n) is 2.31. The van der Waals surface area contributed by atoms with Crippen molar-refractivity contribution in [2.75, 3.05) is 0 Å². The van der Waals surface area contributed by atoms with Crippen molar-refractivity contribution in [3.8, 4) is 0 Å². The lowest BCUT2D eigenvalue weighted by molar-refractivity contribution is 0.580. The summed E-state index contributed by atoms with van der Waals surface area (Å²) < 4.78 is 0. The molecule has 0 bridgehead atoms. The van der Waals surface area contributed by atoms with E-state index in [2.05, 4.69) is 0 Å². The minimum Gasteiger partial charge on any atom is -0.373 e. The van der Waals surface area contributed by atoms with Crippen molar-refractivity contribution >= 4 is 7.41 Å². The van der Waals surface area contributed by atoms with Gasteiger partial charge in [0.2, 0.25) is 7.41 Å². The minimum atomic E-state index is 0.832. The molecule has 1 aliphatic carbocycles. The molecule has 0 aliphatic heterocycles. The SMILES string of the molecule is NBC1CCCCCCCCCC1. The van der Waals surface area contributed by atoms with Crippen LogP contribution >= 0.6 is 0 Å². The third-order valence-corrected chi connectivity index (χ3v) is 3.31. The molecule has 2 N–H and O–H groups in total. The first-order valence-corrected chi connectivity index (χ1v) is 6.13. The van der Waals surface area contributed by atoms with E-state index in [4.69, 9.17) is 5.64 Å². The molecule has 1 aliphatic rings. The average molecular weight is 181 g/mol. The van der Waals surface area contributed by atoms with Crippen LogP contribution in [-0.4, -0.2) is 7.41 Å². The Labute approximate surface area is 83.7 Å². The van der Waals surface area contributed by atoms with E-state index in [-0.39, 0.29) is 0 Å². The standard InChI is InChI=1S/C11H24BN/c13-12-11-9-7-5-3-1-2-4-6-8-10-11/h11-12H,1-10,13H2. The van der Waals surface area contributed by atoms with Crippen molar-refractivity contribution in [1.29, 1.82) is 0 Å². The molecule has 0 radical (unpaired) electrons. The Kier molecular flexibility index (Phi) is 6.35. The van der Waals surface area contributed by atoms with Gasteiger partial charge in [-0.25, -0.2) is 0 Å². The van der Waals surface area contributed by atoms with Crippen molar-refractivity contribution in [1.82, 2.24) is 0 Å². The highest BCUT2D eigenvalue weighted by atomic mass is 14.4. The van der Waals surface area contributed by atoms with E-state index >= 15 is 0 Å². The van der Waals surface area contributed by atoms with Crippen molar-refractivity contribution < 1.29 is 0 Å². The molecule has 2 heteroatoms. The zero-order valence-electron chi connectivity index (χ0n) is 8.93. The van der Waals surface area contributed by atoms with Gasteiger partial charge in [-0.15, -0.1) is 0 Å². The van der Waals surface area contributed by atoms with Gasteiger partial charge in [0, 0.05) is 0 Å². The summed E-state index contributed by atoms with van der Waals surface area (Å²) in [5.41, 5.74) is 5.75. The van der Waals surface area contributed by atoms with Gasteiger partial charge < -0.3 is 5.64 Å². The molecule has 1 nitrogen and oxygen atoms in total. The summed E-state index contributed by atoms with van der Waals surface area (Å²) in [4.78, 5) is 0. The summed E-state index contributed by atoms with van der Waals surface area (Å²) in [5, 5.41) is 0. The van der Waals surface area contributed by atoms with E-state index in [0.29, 0.717) is 0 Å². The predicted octanol–water partition coefficient (Wildman–Crippen LogP) is 3.00. The molecule has 0 aromatic heterocycles. The van der Waals surface area contributed by atoms with Crippen LogP contribution in [0.25, 0.3) is 0 Å². The molecule has 1 rings (SSSR count). The Bertz CT molecular complexity index is 105. The Balaban J connectivity index is 2.18. The fourth-order valence-corrected chi connectivity index (χ4v) is 2.31. The Morgan fingerprint density at radius 1 is 0.692 bits per heavy atom. The number of rotatable bonds is 1. The maximum absolute atomic E-state index is 5.75. The highest BCUT2D eigenvalue weighted by molar-refractivity contribution is 6.33. The van der Waals surface area contributed by atoms with Gasteiger partial charge in [0.15, 0.2) is 0 Å². The first-order valence-electron chi connectivity index (χ1n) is 6.13. The largest absolute Gasteiger partial charge is 0.373 e. The van der Waals surface area contributed by atoms with Crippen LogP contribution in [0.4, 0.5) is 0 Å². The summed E-state index contributed by atoms with van der Waals surface area (Å²) in [6, 6.07) is 0. The van der Waals surface area contributed by atoms with Gasteiger partial charge >= 0.3 is 0 Å². The summed E-state index contributed by atoms with van der Waals surface area (Å²) in [7, 11) is 0.917. The van der Waals surface area contributed by atoms with Crippen molar-refractivity contribution in [3.05, 3.63) is 0 Å². The minimum absolute atomic E-state index is 0.832. The topological polar surface area (TPSA) is 26.0 Å². The van der Waals surface area contributed by atoms with E-state index < -0.39 is 0 Å². The summed E-state index contributed by atoms with van der Waals surface area (Å²) in [5.74, 6) is 0.832. The van der Waals surface area contributed by atoms with Crippen LogP contribution in [0.3, 0.4) is 0 Å². The second-order valence-electron chi connectivity index (χ2n) is 4.51. The van der Waals surface area contributed by atoms with Gasteiger partial charge in [-0.3, -0.25) is 0 Å². The Hall–Kier alpha value is 0.0249. The second-order valence-corrected chi connectivity index (χ2v) is 4.51. The molecule has 0 aromatic rings. The van der Waals surface area contributed by atoms with Gasteiger partial charge in [0.1, 0.15) is 0 Å². The summed E-state index contributed by atoms with van der Waals surface area (Å²) in [6.45, 7) is 0. The molecule has 0 unspecified atom stereocenters. The lowest BCUT2D eigenvalue weighted by Gasteiger charge is -2.12. The first-order chi connectivity index (χ1) is 6.43. The van der Waals surface area contributed by atoms with Crippen molar-refractivity contribution in [2.24, 2.45) is 5.64 Å². The van der Waals surface area contributed by atoms with Crippen LogP contribution < -0.4 is 5.64 Å².